The van der Waals surface area contributed by atoms with E-state index in [1.165, 1.54) is 32.1 Å². The van der Waals surface area contributed by atoms with Gasteiger partial charge in [0.2, 0.25) is 0 Å². The normalized spacial score (nSPS) is 17.6. The maximum Gasteiger partial charge on any atom is 0.138 e. The molecule has 1 aromatic rings. The van der Waals surface area contributed by atoms with Crippen LogP contribution in [0.4, 0.5) is 0 Å². The Bertz CT molecular complexity index is 307. The van der Waals surface area contributed by atoms with Crippen LogP contribution in [0.1, 0.15) is 43.5 Å². The van der Waals surface area contributed by atoms with Crippen molar-refractivity contribution in [3.05, 3.63) is 23.8 Å². The van der Waals surface area contributed by atoms with E-state index >= 15 is 0 Å². The smallest absolute Gasteiger partial charge is 0.138 e. The van der Waals surface area contributed by atoms with Crippen molar-refractivity contribution in [2.24, 2.45) is 5.73 Å². The molecule has 0 aliphatic heterocycles. The molecule has 1 fully saturated rings. The van der Waals surface area contributed by atoms with Crippen molar-refractivity contribution in [3.63, 3.8) is 0 Å². The number of hydrogen-bond donors (Lipinski definition) is 1. The van der Waals surface area contributed by atoms with Crippen LogP contribution in [-0.2, 0) is 12.3 Å². The first-order valence-electron chi connectivity index (χ1n) is 6.00. The number of hydrogen-bond acceptors (Lipinski definition) is 4. The maximum atomic E-state index is 5.51. The number of nitrogens with two attached hydrogens (primary N) is 1. The zero-order chi connectivity index (χ0) is 11.2. The van der Waals surface area contributed by atoms with Gasteiger partial charge in [-0.05, 0) is 12.8 Å². The van der Waals surface area contributed by atoms with Crippen molar-refractivity contribution in [3.8, 4) is 0 Å². The molecule has 4 heteroatoms. The second-order valence-corrected chi connectivity index (χ2v) is 5.57. The Balaban J connectivity index is 1.79. The van der Waals surface area contributed by atoms with Crippen LogP contribution in [0, 0.1) is 0 Å². The first kappa shape index (κ1) is 11.9. The molecule has 2 rings (SSSR count). The molecule has 1 saturated carbocycles. The summed E-state index contributed by atoms with van der Waals surface area (Å²) in [7, 11) is 0. The Morgan fingerprint density at radius 3 is 2.50 bits per heavy atom. The van der Waals surface area contributed by atoms with Crippen LogP contribution in [0.5, 0.6) is 0 Å². The SMILES string of the molecule is NCc1cnc(CSC2CCCCC2)nc1. The average molecular weight is 237 g/mol. The van der Waals surface area contributed by atoms with Gasteiger partial charge in [-0.2, -0.15) is 11.8 Å². The van der Waals surface area contributed by atoms with Gasteiger partial charge in [0.05, 0.1) is 5.75 Å². The van der Waals surface area contributed by atoms with Crippen LogP contribution < -0.4 is 5.73 Å². The summed E-state index contributed by atoms with van der Waals surface area (Å²) in [5.74, 6) is 1.88. The summed E-state index contributed by atoms with van der Waals surface area (Å²) < 4.78 is 0. The van der Waals surface area contributed by atoms with E-state index in [9.17, 15) is 0 Å². The van der Waals surface area contributed by atoms with E-state index < -0.39 is 0 Å². The predicted octanol–water partition coefficient (Wildman–Crippen LogP) is 2.50. The van der Waals surface area contributed by atoms with E-state index in [4.69, 9.17) is 5.73 Å². The second-order valence-electron chi connectivity index (χ2n) is 4.28. The fraction of sp³-hybridized carbons (Fsp3) is 0.667. The van der Waals surface area contributed by atoms with Crippen LogP contribution in [-0.4, -0.2) is 15.2 Å². The van der Waals surface area contributed by atoms with Crippen LogP contribution in [0.15, 0.2) is 12.4 Å². The molecular formula is C12H19N3S. The first-order chi connectivity index (χ1) is 7.88. The molecule has 0 spiro atoms. The van der Waals surface area contributed by atoms with Crippen molar-refractivity contribution in [1.82, 2.24) is 9.97 Å². The lowest BCUT2D eigenvalue weighted by Crippen LogP contribution is -2.09. The highest BCUT2D eigenvalue weighted by Crippen LogP contribution is 2.29. The van der Waals surface area contributed by atoms with Gasteiger partial charge in [-0.1, -0.05) is 19.3 Å². The van der Waals surface area contributed by atoms with E-state index in [2.05, 4.69) is 9.97 Å². The molecule has 0 bridgehead atoms. The number of rotatable bonds is 4. The summed E-state index contributed by atoms with van der Waals surface area (Å²) in [6, 6.07) is 0. The third kappa shape index (κ3) is 3.46. The molecule has 0 radical (unpaired) electrons. The van der Waals surface area contributed by atoms with Crippen molar-refractivity contribution >= 4 is 11.8 Å². The van der Waals surface area contributed by atoms with Gasteiger partial charge in [0.1, 0.15) is 5.82 Å². The molecule has 0 unspecified atom stereocenters. The first-order valence-corrected chi connectivity index (χ1v) is 7.05. The van der Waals surface area contributed by atoms with Crippen LogP contribution in [0.3, 0.4) is 0 Å². The number of nitrogens with zero attached hydrogens (tertiary/aromatic N) is 2. The zero-order valence-corrected chi connectivity index (χ0v) is 10.4. The summed E-state index contributed by atoms with van der Waals surface area (Å²) in [6.07, 6.45) is 10.6. The lowest BCUT2D eigenvalue weighted by Gasteiger charge is -2.20. The Morgan fingerprint density at radius 2 is 1.88 bits per heavy atom. The second kappa shape index (κ2) is 6.21. The molecule has 0 saturated heterocycles. The summed E-state index contributed by atoms with van der Waals surface area (Å²) in [6.45, 7) is 0.524. The van der Waals surface area contributed by atoms with Crippen LogP contribution in [0.2, 0.25) is 0 Å². The van der Waals surface area contributed by atoms with Crippen molar-refractivity contribution in [2.75, 3.05) is 0 Å². The van der Waals surface area contributed by atoms with Gasteiger partial charge >= 0.3 is 0 Å². The van der Waals surface area contributed by atoms with Gasteiger partial charge in [-0.25, -0.2) is 9.97 Å². The molecule has 0 aromatic carbocycles. The Labute approximate surface area is 101 Å². The number of thioether (sulfide) groups is 1. The Hall–Kier alpha value is -0.610. The fourth-order valence-corrected chi connectivity index (χ4v) is 3.19. The fourth-order valence-electron chi connectivity index (χ4n) is 1.99. The Morgan fingerprint density at radius 1 is 1.19 bits per heavy atom. The topological polar surface area (TPSA) is 51.8 Å². The van der Waals surface area contributed by atoms with E-state index in [0.29, 0.717) is 6.54 Å². The molecule has 1 aromatic heterocycles. The molecule has 1 aliphatic rings. The van der Waals surface area contributed by atoms with Gasteiger partial charge in [0.25, 0.3) is 0 Å². The highest BCUT2D eigenvalue weighted by atomic mass is 32.2. The summed E-state index contributed by atoms with van der Waals surface area (Å²) in [5, 5.41) is 0.825. The minimum atomic E-state index is 0.524. The molecule has 2 N–H and O–H groups in total. The van der Waals surface area contributed by atoms with Crippen LogP contribution in [0.25, 0.3) is 0 Å². The molecule has 1 aliphatic carbocycles. The highest BCUT2D eigenvalue weighted by molar-refractivity contribution is 7.99. The lowest BCUT2D eigenvalue weighted by molar-refractivity contribution is 0.516. The van der Waals surface area contributed by atoms with Gasteiger partial charge in [0.15, 0.2) is 0 Å². The number of aromatic nitrogens is 2. The largest absolute Gasteiger partial charge is 0.326 e. The van der Waals surface area contributed by atoms with Crippen molar-refractivity contribution in [1.29, 1.82) is 0 Å². The molecule has 0 atom stereocenters. The van der Waals surface area contributed by atoms with Gasteiger partial charge in [-0.15, -0.1) is 0 Å². The minimum absolute atomic E-state index is 0.524. The minimum Gasteiger partial charge on any atom is -0.326 e. The van der Waals surface area contributed by atoms with E-state index in [-0.39, 0.29) is 0 Å². The van der Waals surface area contributed by atoms with E-state index in [0.717, 1.165) is 22.4 Å². The average Bonchev–Trinajstić information content (AvgIpc) is 2.38. The van der Waals surface area contributed by atoms with Gasteiger partial charge in [0, 0.05) is 29.8 Å². The van der Waals surface area contributed by atoms with E-state index in [1.807, 2.05) is 24.2 Å². The zero-order valence-electron chi connectivity index (χ0n) is 9.56. The predicted molar refractivity (Wildman–Crippen MR) is 68.1 cm³/mol. The lowest BCUT2D eigenvalue weighted by atomic mass is 10.0. The van der Waals surface area contributed by atoms with Crippen molar-refractivity contribution in [2.45, 2.75) is 49.7 Å². The third-order valence-electron chi connectivity index (χ3n) is 2.99. The third-order valence-corrected chi connectivity index (χ3v) is 4.36. The molecule has 16 heavy (non-hydrogen) atoms. The molecule has 1 heterocycles. The van der Waals surface area contributed by atoms with E-state index in [1.54, 1.807) is 0 Å². The molecule has 88 valence electrons. The van der Waals surface area contributed by atoms with Crippen molar-refractivity contribution < 1.29 is 0 Å². The highest BCUT2D eigenvalue weighted by Gasteiger charge is 2.14. The monoisotopic (exact) mass is 237 g/mol. The summed E-state index contributed by atoms with van der Waals surface area (Å²) in [4.78, 5) is 8.64. The molecule has 3 nitrogen and oxygen atoms in total. The quantitative estimate of drug-likeness (QED) is 0.874. The molecule has 0 amide bonds. The van der Waals surface area contributed by atoms with Crippen LogP contribution >= 0.6 is 11.8 Å². The molecular weight excluding hydrogens is 218 g/mol. The van der Waals surface area contributed by atoms with Gasteiger partial charge < -0.3 is 5.73 Å². The summed E-state index contributed by atoms with van der Waals surface area (Å²) in [5.41, 5.74) is 6.51. The maximum absolute atomic E-state index is 5.51. The van der Waals surface area contributed by atoms with Gasteiger partial charge in [-0.3, -0.25) is 0 Å². The Kier molecular flexibility index (Phi) is 4.60. The summed E-state index contributed by atoms with van der Waals surface area (Å²) >= 11 is 2.01. The standard InChI is InChI=1S/C12H19N3S/c13-6-10-7-14-12(15-8-10)9-16-11-4-2-1-3-5-11/h7-8,11H,1-6,9,13H2.